The zero-order valence-corrected chi connectivity index (χ0v) is 59.4. The molecule has 3 aliphatic carbocycles. The number of amides is 11. The lowest BCUT2D eigenvalue weighted by Gasteiger charge is -2.46. The molecule has 3 heterocycles. The molecule has 0 unspecified atom stereocenters. The van der Waals surface area contributed by atoms with Crippen LogP contribution in [0.4, 0.5) is 13.2 Å². The molecule has 0 radical (unpaired) electrons. The maximum absolute atomic E-state index is 15.3. The predicted octanol–water partition coefficient (Wildman–Crippen LogP) is 7.01. The Labute approximate surface area is 570 Å². The van der Waals surface area contributed by atoms with Gasteiger partial charge in [0.15, 0.2) is 0 Å². The maximum Gasteiger partial charge on any atom is 0.417 e. The van der Waals surface area contributed by atoms with Crippen LogP contribution in [0, 0.1) is 23.7 Å². The number of rotatable bonds is 10. The van der Waals surface area contributed by atoms with Gasteiger partial charge in [0.05, 0.1) is 10.6 Å². The molecule has 26 heteroatoms. The smallest absolute Gasteiger partial charge is 0.351 e. The van der Waals surface area contributed by atoms with Gasteiger partial charge < -0.3 is 55.6 Å². The monoisotopic (exact) mass is 1370 g/mol. The van der Waals surface area contributed by atoms with E-state index in [9.17, 15) is 37.1 Å². The first-order chi connectivity index (χ1) is 45.2. The molecule has 3 aliphatic heterocycles. The normalized spacial score (nSPS) is 29.3. The number of nitrogens with zero attached hydrogens (tertiary/aromatic N) is 7. The van der Waals surface area contributed by atoms with Gasteiger partial charge in [0.2, 0.25) is 65.0 Å². The van der Waals surface area contributed by atoms with Crippen molar-refractivity contribution in [1.29, 1.82) is 0 Å². The molecule has 6 aliphatic rings. The number of carbonyl (C=O) groups is 11. The number of halogens is 4. The predicted molar refractivity (Wildman–Crippen MR) is 356 cm³/mol. The van der Waals surface area contributed by atoms with E-state index in [2.05, 4.69) is 21.3 Å². The van der Waals surface area contributed by atoms with Crippen molar-refractivity contribution < 1.29 is 65.9 Å². The average molecular weight is 1370 g/mol. The summed E-state index contributed by atoms with van der Waals surface area (Å²) in [6, 6.07) is -7.93. The van der Waals surface area contributed by atoms with Gasteiger partial charge in [0.25, 0.3) is 0 Å². The second-order valence-electron chi connectivity index (χ2n) is 29.0. The summed E-state index contributed by atoms with van der Waals surface area (Å²) in [5.74, 6) is -7.21. The number of fused-ring (bicyclic) bond motifs is 2. The fourth-order valence-corrected chi connectivity index (χ4v) is 15.6. The van der Waals surface area contributed by atoms with E-state index in [1.165, 1.54) is 82.4 Å². The summed E-state index contributed by atoms with van der Waals surface area (Å²) in [6.07, 6.45) is 7.09. The molecule has 1 spiro atoms. The Morgan fingerprint density at radius 3 is 1.67 bits per heavy atom. The number of alkyl halides is 3. The van der Waals surface area contributed by atoms with Crippen LogP contribution in [-0.4, -0.2) is 214 Å². The van der Waals surface area contributed by atoms with Crippen LogP contribution in [0.15, 0.2) is 18.2 Å². The van der Waals surface area contributed by atoms with Gasteiger partial charge in [-0.15, -0.1) is 0 Å². The van der Waals surface area contributed by atoms with Gasteiger partial charge in [-0.25, -0.2) is 0 Å². The van der Waals surface area contributed by atoms with Crippen molar-refractivity contribution in [3.05, 3.63) is 34.3 Å². The van der Waals surface area contributed by atoms with Crippen LogP contribution in [0.25, 0.3) is 0 Å². The molecule has 1 aromatic rings. The van der Waals surface area contributed by atoms with E-state index in [0.29, 0.717) is 37.7 Å². The summed E-state index contributed by atoms with van der Waals surface area (Å²) in [4.78, 5) is 173. The van der Waals surface area contributed by atoms with Crippen LogP contribution in [0.2, 0.25) is 5.02 Å². The standard InChI is InChI=1S/C70H107ClF3N11O11/c1-13-42(4)57-67(95)82(11)55(40-47-25-18-15-19-26-47)66(94)85-36-32-53(85)64(92)81(10)54(39-46-23-16-14-17-24-46)65(93)80(9)45(7)59(87)76-51(31-29-48-28-30-49(50(71)38-48)70(72,73)74)63(91)84-35-22-27-52(84)61(89)78-69(33-20-21-34-69)68(96)83(12)58(41(2)3)62(90)75-43(5)37-56(86)79(8)44(6)60(88)77-57/h28,30,38,41-47,51-55,57-58H,13-27,29,31-37,39-40H2,1-12H3,(H,75,90)(H,76,87)(H,77,88)(H,78,89)/t42-,43+,44-,45+,51-,52-,53-,54-,55-,57-,58-/m0/s1. The summed E-state index contributed by atoms with van der Waals surface area (Å²) in [5.41, 5.74) is -2.24. The Bertz CT molecular complexity index is 2990. The van der Waals surface area contributed by atoms with E-state index in [0.717, 1.165) is 76.3 Å². The number of hydrogen-bond donors (Lipinski definition) is 4. The van der Waals surface area contributed by atoms with Crippen LogP contribution < -0.4 is 21.3 Å². The topological polar surface area (TPSA) is 259 Å². The third-order valence-corrected chi connectivity index (χ3v) is 22.4. The van der Waals surface area contributed by atoms with Crippen LogP contribution in [0.3, 0.4) is 0 Å². The van der Waals surface area contributed by atoms with Crippen LogP contribution in [0.5, 0.6) is 0 Å². The number of likely N-dealkylation sites (N-methyl/N-ethyl adjacent to an activating group) is 5. The molecule has 96 heavy (non-hydrogen) atoms. The van der Waals surface area contributed by atoms with Crippen molar-refractivity contribution in [1.82, 2.24) is 55.6 Å². The molecule has 7 rings (SSSR count). The number of hydrogen-bond acceptors (Lipinski definition) is 11. The van der Waals surface area contributed by atoms with Crippen molar-refractivity contribution in [2.24, 2.45) is 23.7 Å². The highest BCUT2D eigenvalue weighted by Crippen LogP contribution is 2.38. The molecule has 11 atom stereocenters. The third kappa shape index (κ3) is 18.0. The van der Waals surface area contributed by atoms with Crippen molar-refractivity contribution in [3.8, 4) is 0 Å². The van der Waals surface area contributed by atoms with Crippen molar-refractivity contribution in [2.45, 2.75) is 268 Å². The van der Waals surface area contributed by atoms with E-state index in [4.69, 9.17) is 11.6 Å². The Morgan fingerprint density at radius 1 is 0.573 bits per heavy atom. The SMILES string of the molecule is CC[C@H](C)[C@@H]1NC(=O)[C@H](C)N(C)C(=O)C[C@@H](C)NC(=O)[C@H](C(C)C)N(C)C(=O)C2(CCCC2)NC(=O)[C@@H]2CCCN2C(=O)[C@H](CCc2ccc(C(F)(F)F)c(Cl)c2)NC(=O)[C@@H](C)N(C)C(=O)[C@H](CC2CCCCC2)N(C)C(=O)[C@@H]2CCN2C(=O)[C@H](CC2CCCCC2)N(C)C1=O. The fourth-order valence-electron chi connectivity index (χ4n) is 15.3. The minimum absolute atomic E-state index is 0.0313. The number of carbonyl (C=O) groups excluding carboxylic acids is 11. The highest BCUT2D eigenvalue weighted by molar-refractivity contribution is 6.31. The van der Waals surface area contributed by atoms with Crippen LogP contribution in [0.1, 0.15) is 201 Å². The molecular weight excluding hydrogens is 1260 g/mol. The lowest BCUT2D eigenvalue weighted by atomic mass is 9.83. The lowest BCUT2D eigenvalue weighted by Crippen LogP contribution is -2.65. The highest BCUT2D eigenvalue weighted by Gasteiger charge is 2.51. The van der Waals surface area contributed by atoms with E-state index >= 15 is 28.8 Å². The van der Waals surface area contributed by atoms with Gasteiger partial charge >= 0.3 is 6.18 Å². The van der Waals surface area contributed by atoms with Crippen molar-refractivity contribution >= 4 is 76.6 Å². The summed E-state index contributed by atoms with van der Waals surface area (Å²) in [7, 11) is 7.44. The van der Waals surface area contributed by atoms with Gasteiger partial charge in [-0.3, -0.25) is 52.7 Å². The molecule has 22 nitrogen and oxygen atoms in total. The molecule has 4 N–H and O–H groups in total. The molecule has 3 saturated heterocycles. The highest BCUT2D eigenvalue weighted by atomic mass is 35.5. The van der Waals surface area contributed by atoms with E-state index in [1.807, 2.05) is 13.8 Å². The molecule has 536 valence electrons. The van der Waals surface area contributed by atoms with E-state index in [-0.39, 0.29) is 76.3 Å². The van der Waals surface area contributed by atoms with Crippen LogP contribution in [-0.2, 0) is 65.3 Å². The fraction of sp³-hybridized carbons (Fsp3) is 0.757. The zero-order valence-electron chi connectivity index (χ0n) is 58.6. The number of aryl methyl sites for hydroxylation is 1. The number of benzene rings is 1. The molecule has 11 amide bonds. The van der Waals surface area contributed by atoms with E-state index < -0.39 is 160 Å². The molecule has 3 saturated carbocycles. The first-order valence-corrected chi connectivity index (χ1v) is 35.6. The molecule has 0 aromatic heterocycles. The Hall–Kier alpha value is -6.53. The summed E-state index contributed by atoms with van der Waals surface area (Å²) in [6.45, 7) is 12.1. The summed E-state index contributed by atoms with van der Waals surface area (Å²) in [5, 5.41) is 11.1. The lowest BCUT2D eigenvalue weighted by molar-refractivity contribution is -0.161. The summed E-state index contributed by atoms with van der Waals surface area (Å²) < 4.78 is 41.6. The molecule has 6 fully saturated rings. The van der Waals surface area contributed by atoms with Gasteiger partial charge in [0, 0.05) is 60.8 Å². The minimum atomic E-state index is -4.75. The van der Waals surface area contributed by atoms with Crippen molar-refractivity contribution in [3.63, 3.8) is 0 Å². The maximum atomic E-state index is 15.3. The second-order valence-corrected chi connectivity index (χ2v) is 29.4. The summed E-state index contributed by atoms with van der Waals surface area (Å²) >= 11 is 6.17. The van der Waals surface area contributed by atoms with Crippen molar-refractivity contribution in [2.75, 3.05) is 48.3 Å². The Morgan fingerprint density at radius 2 is 1.12 bits per heavy atom. The Kier molecular flexibility index (Phi) is 26.7. The first kappa shape index (κ1) is 76.8. The van der Waals surface area contributed by atoms with Gasteiger partial charge in [-0.2, -0.15) is 13.2 Å². The molecular formula is C70H107ClF3N11O11. The largest absolute Gasteiger partial charge is 0.417 e. The second kappa shape index (κ2) is 33.3. The molecule has 1 aromatic carbocycles. The van der Waals surface area contributed by atoms with Gasteiger partial charge in [-0.1, -0.05) is 129 Å². The zero-order chi connectivity index (χ0) is 70.8. The third-order valence-electron chi connectivity index (χ3n) is 22.0. The minimum Gasteiger partial charge on any atom is -0.351 e. The van der Waals surface area contributed by atoms with Gasteiger partial charge in [-0.05, 0) is 120 Å². The number of nitrogens with one attached hydrogen (secondary N) is 4. The Balaban J connectivity index is 1.26. The average Bonchev–Trinajstić information content (AvgIpc) is 1.30. The van der Waals surface area contributed by atoms with Crippen LogP contribution >= 0.6 is 11.6 Å². The van der Waals surface area contributed by atoms with E-state index in [1.54, 1.807) is 27.8 Å². The first-order valence-electron chi connectivity index (χ1n) is 35.3. The quantitative estimate of drug-likeness (QED) is 0.185. The van der Waals surface area contributed by atoms with Gasteiger partial charge in [0.1, 0.15) is 59.9 Å². The molecule has 0 bridgehead atoms.